The molecule has 166 valence electrons. The molecule has 1 saturated heterocycles. The molecule has 1 aliphatic heterocycles. The number of anilines is 1. The van der Waals surface area contributed by atoms with Crippen LogP contribution < -0.4 is 4.90 Å². The SMILES string of the molecule is O=C(COC(=O)c1cccc(N2C(=O)[C@H]3[C@H](C2=O)[C@H]2C=C[C@H]3C2)c1)c1cccc([N+](=O)[O-])c1. The molecule has 2 aromatic carbocycles. The van der Waals surface area contributed by atoms with Crippen LogP contribution in [0.3, 0.4) is 0 Å². The third-order valence-corrected chi connectivity index (χ3v) is 6.52. The molecule has 2 aliphatic carbocycles. The number of imide groups is 1. The minimum Gasteiger partial charge on any atom is -0.454 e. The highest BCUT2D eigenvalue weighted by Crippen LogP contribution is 2.53. The van der Waals surface area contributed by atoms with Crippen LogP contribution in [0.2, 0.25) is 0 Å². The maximum absolute atomic E-state index is 13.0. The number of nitrogens with zero attached hydrogens (tertiary/aromatic N) is 2. The first kappa shape index (κ1) is 20.7. The molecule has 3 aliphatic rings. The number of hydrogen-bond donors (Lipinski definition) is 0. The molecule has 0 radical (unpaired) electrons. The Morgan fingerprint density at radius 2 is 1.61 bits per heavy atom. The first-order chi connectivity index (χ1) is 15.8. The van der Waals surface area contributed by atoms with Crippen molar-refractivity contribution >= 4 is 34.9 Å². The summed E-state index contributed by atoms with van der Waals surface area (Å²) < 4.78 is 5.08. The molecule has 5 rings (SSSR count). The van der Waals surface area contributed by atoms with E-state index < -0.39 is 23.3 Å². The summed E-state index contributed by atoms with van der Waals surface area (Å²) in [6, 6.07) is 11.1. The number of hydrogen-bond acceptors (Lipinski definition) is 7. The molecule has 33 heavy (non-hydrogen) atoms. The van der Waals surface area contributed by atoms with E-state index in [2.05, 4.69) is 0 Å². The third kappa shape index (κ3) is 3.42. The van der Waals surface area contributed by atoms with E-state index in [0.29, 0.717) is 5.69 Å². The summed E-state index contributed by atoms with van der Waals surface area (Å²) in [7, 11) is 0. The number of carbonyl (C=O) groups excluding carboxylic acids is 4. The second-order valence-corrected chi connectivity index (χ2v) is 8.37. The number of fused-ring (bicyclic) bond motifs is 5. The van der Waals surface area contributed by atoms with Crippen LogP contribution >= 0.6 is 0 Å². The highest BCUT2D eigenvalue weighted by Gasteiger charge is 2.59. The van der Waals surface area contributed by atoms with E-state index >= 15 is 0 Å². The monoisotopic (exact) mass is 446 g/mol. The summed E-state index contributed by atoms with van der Waals surface area (Å²) in [5, 5.41) is 10.9. The Balaban J connectivity index is 1.29. The molecule has 0 aromatic heterocycles. The second kappa shape index (κ2) is 7.77. The molecule has 2 bridgehead atoms. The molecule has 0 N–H and O–H groups in total. The number of carbonyl (C=O) groups is 4. The topological polar surface area (TPSA) is 124 Å². The quantitative estimate of drug-likeness (QED) is 0.167. The number of allylic oxidation sites excluding steroid dienone is 2. The average molecular weight is 446 g/mol. The Hall–Kier alpha value is -4.14. The third-order valence-electron chi connectivity index (χ3n) is 6.52. The molecule has 1 heterocycles. The van der Waals surface area contributed by atoms with Gasteiger partial charge in [0, 0.05) is 17.7 Å². The number of nitro groups is 1. The van der Waals surface area contributed by atoms with E-state index in [1.54, 1.807) is 6.07 Å². The van der Waals surface area contributed by atoms with Gasteiger partial charge < -0.3 is 4.74 Å². The summed E-state index contributed by atoms with van der Waals surface area (Å²) in [4.78, 5) is 62.2. The van der Waals surface area contributed by atoms with Crippen molar-refractivity contribution in [3.63, 3.8) is 0 Å². The summed E-state index contributed by atoms with van der Waals surface area (Å²) in [6.07, 6.45) is 4.84. The van der Waals surface area contributed by atoms with Gasteiger partial charge in [0.05, 0.1) is 28.0 Å². The van der Waals surface area contributed by atoms with Crippen LogP contribution in [-0.4, -0.2) is 35.1 Å². The van der Waals surface area contributed by atoms with Crippen molar-refractivity contribution < 1.29 is 28.8 Å². The van der Waals surface area contributed by atoms with Crippen LogP contribution in [0.15, 0.2) is 60.7 Å². The standard InChI is InChI=1S/C24H18N2O7/c27-19(13-3-1-6-18(10-13)26(31)32)12-33-24(30)16-4-2-5-17(11-16)25-22(28)20-14-7-8-15(9-14)21(20)23(25)29/h1-8,10-11,14-15,20-21H,9,12H2/t14-,15-,20+,21+/m0/s1. The zero-order valence-electron chi connectivity index (χ0n) is 17.2. The zero-order valence-corrected chi connectivity index (χ0v) is 17.2. The Morgan fingerprint density at radius 1 is 0.970 bits per heavy atom. The first-order valence-corrected chi connectivity index (χ1v) is 10.5. The number of amides is 2. The molecule has 9 nitrogen and oxygen atoms in total. The molecule has 9 heteroatoms. The van der Waals surface area contributed by atoms with Crippen molar-refractivity contribution in [3.8, 4) is 0 Å². The van der Waals surface area contributed by atoms with Gasteiger partial charge in [0.25, 0.3) is 5.69 Å². The fourth-order valence-electron chi connectivity index (χ4n) is 5.02. The molecule has 2 aromatic rings. The predicted octanol–water partition coefficient (Wildman–Crippen LogP) is 2.95. The van der Waals surface area contributed by atoms with Gasteiger partial charge in [0.2, 0.25) is 17.6 Å². The van der Waals surface area contributed by atoms with Crippen LogP contribution in [-0.2, 0) is 14.3 Å². The van der Waals surface area contributed by atoms with Crippen molar-refractivity contribution in [2.24, 2.45) is 23.7 Å². The molecule has 0 spiro atoms. The molecule has 0 unspecified atom stereocenters. The molecule has 2 fully saturated rings. The number of nitro benzene ring substituents is 1. The average Bonchev–Trinajstić information content (AvgIpc) is 3.51. The Labute approximate surface area is 187 Å². The lowest BCUT2D eigenvalue weighted by Gasteiger charge is -2.18. The first-order valence-electron chi connectivity index (χ1n) is 10.5. The Kier molecular flexibility index (Phi) is 4.88. The largest absolute Gasteiger partial charge is 0.454 e. The van der Waals surface area contributed by atoms with E-state index in [1.165, 1.54) is 36.4 Å². The van der Waals surface area contributed by atoms with Crippen molar-refractivity contribution in [3.05, 3.63) is 81.9 Å². The van der Waals surface area contributed by atoms with Gasteiger partial charge in [-0.3, -0.25) is 24.5 Å². The maximum atomic E-state index is 13.0. The Bertz CT molecular complexity index is 1220. The van der Waals surface area contributed by atoms with Gasteiger partial charge in [0.15, 0.2) is 6.61 Å². The number of non-ortho nitro benzene ring substituents is 1. The van der Waals surface area contributed by atoms with Gasteiger partial charge in [-0.1, -0.05) is 30.4 Å². The van der Waals surface area contributed by atoms with Crippen molar-refractivity contribution in [1.82, 2.24) is 0 Å². The minimum atomic E-state index is -0.809. The van der Waals surface area contributed by atoms with Crippen LogP contribution in [0.5, 0.6) is 0 Å². The van der Waals surface area contributed by atoms with Crippen molar-refractivity contribution in [2.45, 2.75) is 6.42 Å². The van der Waals surface area contributed by atoms with Crippen LogP contribution in [0, 0.1) is 33.8 Å². The molecule has 4 atom stereocenters. The normalized spacial score (nSPS) is 24.8. The lowest BCUT2D eigenvalue weighted by molar-refractivity contribution is -0.384. The second-order valence-electron chi connectivity index (χ2n) is 8.37. The van der Waals surface area contributed by atoms with E-state index in [9.17, 15) is 29.3 Å². The molecular weight excluding hydrogens is 428 g/mol. The van der Waals surface area contributed by atoms with Crippen LogP contribution in [0.4, 0.5) is 11.4 Å². The summed E-state index contributed by atoms with van der Waals surface area (Å²) >= 11 is 0. The van der Waals surface area contributed by atoms with E-state index in [1.807, 2.05) is 12.2 Å². The lowest BCUT2D eigenvalue weighted by atomic mass is 9.85. The summed E-state index contributed by atoms with van der Waals surface area (Å²) in [5.41, 5.74) is 0.179. The number of Topliss-reactive ketones (excluding diaryl/α,β-unsaturated/α-hetero) is 1. The number of esters is 1. The van der Waals surface area contributed by atoms with Gasteiger partial charge in [-0.2, -0.15) is 0 Å². The van der Waals surface area contributed by atoms with Gasteiger partial charge >= 0.3 is 5.97 Å². The van der Waals surface area contributed by atoms with E-state index in [4.69, 9.17) is 4.74 Å². The minimum absolute atomic E-state index is 0.0498. The van der Waals surface area contributed by atoms with Crippen molar-refractivity contribution in [2.75, 3.05) is 11.5 Å². The van der Waals surface area contributed by atoms with Crippen LogP contribution in [0.25, 0.3) is 0 Å². The van der Waals surface area contributed by atoms with Gasteiger partial charge in [0.1, 0.15) is 0 Å². The molecule has 2 amide bonds. The summed E-state index contributed by atoms with van der Waals surface area (Å²) in [6.45, 7) is -0.606. The molecule has 1 saturated carbocycles. The van der Waals surface area contributed by atoms with Crippen molar-refractivity contribution in [1.29, 1.82) is 0 Å². The number of rotatable bonds is 6. The number of ether oxygens (including phenoxy) is 1. The van der Waals surface area contributed by atoms with Gasteiger partial charge in [-0.05, 0) is 36.5 Å². The fourth-order valence-corrected chi connectivity index (χ4v) is 5.02. The number of benzene rings is 2. The maximum Gasteiger partial charge on any atom is 0.338 e. The Morgan fingerprint density at radius 3 is 2.27 bits per heavy atom. The highest BCUT2D eigenvalue weighted by atomic mass is 16.6. The highest BCUT2D eigenvalue weighted by molar-refractivity contribution is 6.23. The smallest absolute Gasteiger partial charge is 0.338 e. The number of ketones is 1. The van der Waals surface area contributed by atoms with Gasteiger partial charge in [-0.25, -0.2) is 9.69 Å². The molecular formula is C24H18N2O7. The lowest BCUT2D eigenvalue weighted by Crippen LogP contribution is -2.33. The fraction of sp³-hybridized carbons (Fsp3) is 0.250. The van der Waals surface area contributed by atoms with E-state index in [0.717, 1.165) is 17.4 Å². The summed E-state index contributed by atoms with van der Waals surface area (Å²) in [5.74, 6) is -2.46. The van der Waals surface area contributed by atoms with Crippen LogP contribution in [0.1, 0.15) is 27.1 Å². The van der Waals surface area contributed by atoms with Gasteiger partial charge in [-0.15, -0.1) is 0 Å². The predicted molar refractivity (Wildman–Crippen MR) is 114 cm³/mol. The van der Waals surface area contributed by atoms with E-state index in [-0.39, 0.29) is 52.3 Å². The zero-order chi connectivity index (χ0) is 23.3.